The van der Waals surface area contributed by atoms with Crippen molar-refractivity contribution in [1.82, 2.24) is 5.32 Å². The zero-order valence-electron chi connectivity index (χ0n) is 17.6. The van der Waals surface area contributed by atoms with Gasteiger partial charge in [-0.2, -0.15) is 0 Å². The van der Waals surface area contributed by atoms with Crippen molar-refractivity contribution in [2.75, 3.05) is 6.61 Å². The average Bonchev–Trinajstić information content (AvgIpc) is 2.51. The molecule has 4 aliphatic carbocycles. The maximum Gasteiger partial charge on any atom is 0.326 e. The minimum atomic E-state index is -1.91. The van der Waals surface area contributed by atoms with Crippen molar-refractivity contribution in [2.45, 2.75) is 89.9 Å². The van der Waals surface area contributed by atoms with Crippen LogP contribution in [0.25, 0.3) is 0 Å². The number of aliphatic carboxylic acids is 1. The molecular formula is C21H37NO4Si. The molecule has 0 heterocycles. The summed E-state index contributed by atoms with van der Waals surface area (Å²) in [4.78, 5) is 24.9. The van der Waals surface area contributed by atoms with Gasteiger partial charge in [0.15, 0.2) is 8.32 Å². The van der Waals surface area contributed by atoms with Crippen molar-refractivity contribution in [1.29, 1.82) is 0 Å². The highest BCUT2D eigenvalue weighted by Crippen LogP contribution is 2.60. The van der Waals surface area contributed by atoms with Gasteiger partial charge < -0.3 is 14.8 Å². The Hall–Kier alpha value is -0.883. The first-order chi connectivity index (χ1) is 12.4. The number of carboxylic acids is 1. The van der Waals surface area contributed by atoms with Gasteiger partial charge in [-0.05, 0) is 74.4 Å². The molecule has 4 aliphatic rings. The van der Waals surface area contributed by atoms with Gasteiger partial charge in [0.1, 0.15) is 6.04 Å². The predicted molar refractivity (Wildman–Crippen MR) is 108 cm³/mol. The molecule has 4 fully saturated rings. The first-order valence-electron chi connectivity index (χ1n) is 10.6. The van der Waals surface area contributed by atoms with Crippen LogP contribution in [0.3, 0.4) is 0 Å². The average molecular weight is 396 g/mol. The minimum Gasteiger partial charge on any atom is -0.480 e. The zero-order chi connectivity index (χ0) is 20.0. The third kappa shape index (κ3) is 4.26. The molecule has 0 aromatic rings. The predicted octanol–water partition coefficient (Wildman–Crippen LogP) is 4.18. The first kappa shape index (κ1) is 20.8. The molecule has 1 atom stereocenters. The maximum absolute atomic E-state index is 13.1. The Bertz CT molecular complexity index is 560. The van der Waals surface area contributed by atoms with E-state index in [1.807, 2.05) is 0 Å². The topological polar surface area (TPSA) is 75.6 Å². The van der Waals surface area contributed by atoms with Gasteiger partial charge in [-0.1, -0.05) is 20.8 Å². The van der Waals surface area contributed by atoms with Crippen LogP contribution in [0.5, 0.6) is 0 Å². The van der Waals surface area contributed by atoms with Gasteiger partial charge in [-0.15, -0.1) is 0 Å². The molecule has 0 aromatic heterocycles. The summed E-state index contributed by atoms with van der Waals surface area (Å²) in [5.74, 6) is 1.06. The highest BCUT2D eigenvalue weighted by molar-refractivity contribution is 6.74. The summed E-state index contributed by atoms with van der Waals surface area (Å²) in [6, 6.07) is -0.852. The van der Waals surface area contributed by atoms with Gasteiger partial charge in [-0.25, -0.2) is 4.79 Å². The van der Waals surface area contributed by atoms with Gasteiger partial charge >= 0.3 is 5.97 Å². The van der Waals surface area contributed by atoms with Crippen molar-refractivity contribution in [2.24, 2.45) is 23.2 Å². The first-order valence-corrected chi connectivity index (χ1v) is 13.5. The molecule has 4 bridgehead atoms. The number of nitrogens with one attached hydrogen (secondary N) is 1. The van der Waals surface area contributed by atoms with Crippen molar-refractivity contribution >= 4 is 20.2 Å². The molecule has 4 saturated carbocycles. The number of carbonyl (C=O) groups excluding carboxylic acids is 1. The van der Waals surface area contributed by atoms with E-state index >= 15 is 0 Å². The zero-order valence-corrected chi connectivity index (χ0v) is 18.6. The second-order valence-electron chi connectivity index (χ2n) is 11.0. The molecule has 0 radical (unpaired) electrons. The monoisotopic (exact) mass is 395 g/mol. The van der Waals surface area contributed by atoms with Gasteiger partial charge in [0, 0.05) is 18.4 Å². The summed E-state index contributed by atoms with van der Waals surface area (Å²) in [5.41, 5.74) is -0.303. The van der Waals surface area contributed by atoms with E-state index in [9.17, 15) is 14.7 Å². The standard InChI is InChI=1S/C21H37NO4Si/c1-20(2,3)27(4,5)26-7-6-17(18(23)24)22-19(25)21-11-14-8-15(12-21)10-16(9-14)13-21/h14-17H,6-13H2,1-5H3,(H,22,25)(H,23,24)/t14?,15?,16?,17-,21?/m1/s1. The van der Waals surface area contributed by atoms with E-state index in [2.05, 4.69) is 39.2 Å². The SMILES string of the molecule is CC(C)(C)[Si](C)(C)OCC[C@@H](NC(=O)C12CC3CC(CC(C3)C1)C2)C(=O)O. The molecule has 0 spiro atoms. The van der Waals surface area contributed by atoms with Crippen LogP contribution in [-0.2, 0) is 14.0 Å². The van der Waals surface area contributed by atoms with E-state index in [-0.39, 0.29) is 16.4 Å². The Morgan fingerprint density at radius 1 is 1.11 bits per heavy atom. The summed E-state index contributed by atoms with van der Waals surface area (Å²) in [6.07, 6.45) is 7.02. The van der Waals surface area contributed by atoms with Crippen LogP contribution in [0, 0.1) is 23.2 Å². The van der Waals surface area contributed by atoms with E-state index in [1.54, 1.807) is 0 Å². The summed E-state index contributed by atoms with van der Waals surface area (Å²) in [6.45, 7) is 11.2. The van der Waals surface area contributed by atoms with Crippen LogP contribution in [-0.4, -0.2) is 37.9 Å². The number of rotatable bonds is 7. The number of carboxylic acid groups (broad SMARTS) is 1. The Kier molecular flexibility index (Phi) is 5.54. The van der Waals surface area contributed by atoms with Crippen LogP contribution in [0.2, 0.25) is 18.1 Å². The highest BCUT2D eigenvalue weighted by Gasteiger charge is 2.55. The lowest BCUT2D eigenvalue weighted by Gasteiger charge is -2.55. The third-order valence-corrected chi connectivity index (χ3v) is 12.3. The van der Waals surface area contributed by atoms with Gasteiger partial charge in [-0.3, -0.25) is 4.79 Å². The Labute approximate surface area is 164 Å². The second-order valence-corrected chi connectivity index (χ2v) is 15.8. The largest absolute Gasteiger partial charge is 0.480 e. The summed E-state index contributed by atoms with van der Waals surface area (Å²) in [7, 11) is -1.91. The van der Waals surface area contributed by atoms with Crippen molar-refractivity contribution < 1.29 is 19.1 Å². The molecule has 0 unspecified atom stereocenters. The van der Waals surface area contributed by atoms with Gasteiger partial charge in [0.05, 0.1) is 0 Å². The van der Waals surface area contributed by atoms with Crippen LogP contribution in [0.1, 0.15) is 65.7 Å². The number of amides is 1. The lowest BCUT2D eigenvalue weighted by molar-refractivity contribution is -0.151. The van der Waals surface area contributed by atoms with Crippen LogP contribution in [0.4, 0.5) is 0 Å². The number of hydrogen-bond donors (Lipinski definition) is 2. The van der Waals surface area contributed by atoms with E-state index in [0.717, 1.165) is 19.3 Å². The molecule has 0 saturated heterocycles. The maximum atomic E-state index is 13.1. The third-order valence-electron chi connectivity index (χ3n) is 7.80. The molecular weight excluding hydrogens is 358 g/mol. The van der Waals surface area contributed by atoms with E-state index in [0.29, 0.717) is 30.8 Å². The van der Waals surface area contributed by atoms with E-state index in [1.165, 1.54) is 19.3 Å². The summed E-state index contributed by atoms with van der Waals surface area (Å²) < 4.78 is 6.13. The molecule has 27 heavy (non-hydrogen) atoms. The summed E-state index contributed by atoms with van der Waals surface area (Å²) in [5, 5.41) is 12.6. The lowest BCUT2D eigenvalue weighted by atomic mass is 9.49. The van der Waals surface area contributed by atoms with Crippen LogP contribution >= 0.6 is 0 Å². The van der Waals surface area contributed by atoms with Gasteiger partial charge in [0.25, 0.3) is 0 Å². The normalized spacial score (nSPS) is 33.7. The quantitative estimate of drug-likeness (QED) is 0.634. The van der Waals surface area contributed by atoms with Crippen molar-refractivity contribution in [3.63, 3.8) is 0 Å². The molecule has 6 heteroatoms. The smallest absolute Gasteiger partial charge is 0.326 e. The fraction of sp³-hybridized carbons (Fsp3) is 0.905. The minimum absolute atomic E-state index is 0.0127. The molecule has 0 aliphatic heterocycles. The van der Waals surface area contributed by atoms with Crippen molar-refractivity contribution in [3.05, 3.63) is 0 Å². The van der Waals surface area contributed by atoms with Crippen LogP contribution < -0.4 is 5.32 Å². The molecule has 5 nitrogen and oxygen atoms in total. The van der Waals surface area contributed by atoms with E-state index < -0.39 is 20.3 Å². The van der Waals surface area contributed by atoms with Gasteiger partial charge in [0.2, 0.25) is 5.91 Å². The highest BCUT2D eigenvalue weighted by atomic mass is 28.4. The fourth-order valence-corrected chi connectivity index (χ4v) is 6.67. The molecule has 0 aromatic carbocycles. The Morgan fingerprint density at radius 3 is 2.00 bits per heavy atom. The molecule has 1 amide bonds. The number of carbonyl (C=O) groups is 2. The number of hydrogen-bond acceptors (Lipinski definition) is 3. The molecule has 4 rings (SSSR count). The lowest BCUT2D eigenvalue weighted by Crippen LogP contribution is -2.56. The van der Waals surface area contributed by atoms with E-state index in [4.69, 9.17) is 4.43 Å². The second kappa shape index (κ2) is 7.18. The molecule has 154 valence electrons. The van der Waals surface area contributed by atoms with Crippen molar-refractivity contribution in [3.8, 4) is 0 Å². The molecule has 2 N–H and O–H groups in total. The summed E-state index contributed by atoms with van der Waals surface area (Å²) >= 11 is 0. The Morgan fingerprint density at radius 2 is 1.59 bits per heavy atom. The van der Waals surface area contributed by atoms with Crippen LogP contribution in [0.15, 0.2) is 0 Å². The Balaban J connectivity index is 1.58. The fourth-order valence-electron chi connectivity index (χ4n) is 5.61.